The van der Waals surface area contributed by atoms with Crippen LogP contribution in [0.2, 0.25) is 0 Å². The maximum Gasteiger partial charge on any atom is 0.269 e. The van der Waals surface area contributed by atoms with E-state index in [1.165, 1.54) is 35.4 Å². The Kier molecular flexibility index (Phi) is 4.96. The molecule has 2 aliphatic rings. The van der Waals surface area contributed by atoms with Crippen LogP contribution in [0.3, 0.4) is 0 Å². The molecule has 2 aromatic carbocycles. The van der Waals surface area contributed by atoms with Gasteiger partial charge in [-0.2, -0.15) is 10.1 Å². The molecule has 0 aromatic heterocycles. The largest absolute Gasteiger partial charge is 0.298 e. The van der Waals surface area contributed by atoms with Crippen LogP contribution in [0.1, 0.15) is 6.92 Å². The van der Waals surface area contributed by atoms with Crippen molar-refractivity contribution in [3.63, 3.8) is 0 Å². The third-order valence-electron chi connectivity index (χ3n) is 4.70. The smallest absolute Gasteiger partial charge is 0.269 e. The maximum atomic E-state index is 13.2. The number of nitrogens with zero attached hydrogens (tertiary/aromatic N) is 3. The summed E-state index contributed by atoms with van der Waals surface area (Å²) in [4.78, 5) is 39.5. The number of carbonyl (C=O) groups is 3. The number of thiocarbonyl (C=S) groups is 1. The van der Waals surface area contributed by atoms with Gasteiger partial charge in [-0.3, -0.25) is 24.6 Å². The van der Waals surface area contributed by atoms with Gasteiger partial charge in [0.25, 0.3) is 17.7 Å². The third kappa shape index (κ3) is 3.39. The zero-order chi connectivity index (χ0) is 21.4. The van der Waals surface area contributed by atoms with Crippen LogP contribution in [-0.4, -0.2) is 28.5 Å². The number of benzene rings is 2. The molecule has 9 heteroatoms. The molecular formula is C21H15FN4O3S. The number of hydrazone groups is 1. The SMILES string of the molecule is CC1=NN(c2ccccc2)C(=O)[C@@H]1/C=C1\C(=O)NC(=S)N(c2ccc(F)cc2)C1=O. The molecule has 4 rings (SSSR count). The van der Waals surface area contributed by atoms with Gasteiger partial charge in [0.15, 0.2) is 5.11 Å². The first-order valence-electron chi connectivity index (χ1n) is 8.98. The lowest BCUT2D eigenvalue weighted by Crippen LogP contribution is -2.54. The van der Waals surface area contributed by atoms with E-state index in [-0.39, 0.29) is 16.6 Å². The van der Waals surface area contributed by atoms with Crippen LogP contribution in [-0.2, 0) is 14.4 Å². The van der Waals surface area contributed by atoms with Crippen LogP contribution in [0.25, 0.3) is 0 Å². The van der Waals surface area contributed by atoms with Gasteiger partial charge in [0.2, 0.25) is 0 Å². The van der Waals surface area contributed by atoms with Gasteiger partial charge in [0.1, 0.15) is 11.4 Å². The zero-order valence-corrected chi connectivity index (χ0v) is 16.5. The summed E-state index contributed by atoms with van der Waals surface area (Å²) in [6, 6.07) is 13.9. The minimum Gasteiger partial charge on any atom is -0.298 e. The van der Waals surface area contributed by atoms with E-state index < -0.39 is 23.5 Å². The average molecular weight is 422 g/mol. The van der Waals surface area contributed by atoms with Crippen LogP contribution in [0, 0.1) is 11.7 Å². The Labute approximate surface area is 176 Å². The van der Waals surface area contributed by atoms with Crippen molar-refractivity contribution < 1.29 is 18.8 Å². The molecule has 2 aliphatic heterocycles. The van der Waals surface area contributed by atoms with Crippen molar-refractivity contribution in [2.24, 2.45) is 11.0 Å². The van der Waals surface area contributed by atoms with Gasteiger partial charge in [0, 0.05) is 0 Å². The van der Waals surface area contributed by atoms with Crippen LogP contribution in [0.4, 0.5) is 15.8 Å². The molecule has 30 heavy (non-hydrogen) atoms. The Balaban J connectivity index is 1.67. The van der Waals surface area contributed by atoms with Crippen LogP contribution in [0.15, 0.2) is 71.3 Å². The predicted molar refractivity (Wildman–Crippen MR) is 113 cm³/mol. The van der Waals surface area contributed by atoms with E-state index in [0.717, 1.165) is 4.90 Å². The van der Waals surface area contributed by atoms with Crippen molar-refractivity contribution in [1.29, 1.82) is 0 Å². The molecule has 0 saturated carbocycles. The van der Waals surface area contributed by atoms with Gasteiger partial charge in [-0.1, -0.05) is 18.2 Å². The van der Waals surface area contributed by atoms with Gasteiger partial charge in [-0.25, -0.2) is 4.39 Å². The number of halogens is 1. The van der Waals surface area contributed by atoms with Gasteiger partial charge in [-0.15, -0.1) is 0 Å². The number of anilines is 2. The molecular weight excluding hydrogens is 407 g/mol. The Hall–Kier alpha value is -3.72. The van der Waals surface area contributed by atoms with E-state index in [4.69, 9.17) is 12.2 Å². The Bertz CT molecular complexity index is 1130. The molecule has 0 aliphatic carbocycles. The van der Waals surface area contributed by atoms with Gasteiger partial charge in [-0.05, 0) is 61.6 Å². The molecule has 7 nitrogen and oxygen atoms in total. The molecule has 1 saturated heterocycles. The normalized spacial score (nSPS) is 20.7. The second-order valence-electron chi connectivity index (χ2n) is 6.66. The van der Waals surface area contributed by atoms with Crippen molar-refractivity contribution in [2.45, 2.75) is 6.92 Å². The Morgan fingerprint density at radius 1 is 1.03 bits per heavy atom. The van der Waals surface area contributed by atoms with Crippen molar-refractivity contribution in [3.05, 3.63) is 72.1 Å². The van der Waals surface area contributed by atoms with E-state index in [1.54, 1.807) is 31.2 Å². The molecule has 3 amide bonds. The molecule has 0 spiro atoms. The van der Waals surface area contributed by atoms with Crippen molar-refractivity contribution in [2.75, 3.05) is 9.91 Å². The fourth-order valence-electron chi connectivity index (χ4n) is 3.19. The summed E-state index contributed by atoms with van der Waals surface area (Å²) in [6.45, 7) is 1.65. The topological polar surface area (TPSA) is 82.1 Å². The average Bonchev–Trinajstić information content (AvgIpc) is 3.01. The highest BCUT2D eigenvalue weighted by Crippen LogP contribution is 2.27. The molecule has 2 heterocycles. The maximum absolute atomic E-state index is 13.2. The van der Waals surface area contributed by atoms with E-state index in [0.29, 0.717) is 17.1 Å². The quantitative estimate of drug-likeness (QED) is 0.468. The first-order chi connectivity index (χ1) is 14.4. The first kappa shape index (κ1) is 19.6. The Morgan fingerprint density at radius 2 is 1.70 bits per heavy atom. The number of rotatable bonds is 3. The fraction of sp³-hybridized carbons (Fsp3) is 0.0952. The molecule has 0 bridgehead atoms. The summed E-state index contributed by atoms with van der Waals surface area (Å²) < 4.78 is 13.2. The monoisotopic (exact) mass is 422 g/mol. The van der Waals surface area contributed by atoms with E-state index >= 15 is 0 Å². The summed E-state index contributed by atoms with van der Waals surface area (Å²) >= 11 is 5.11. The molecule has 1 atom stereocenters. The number of amides is 3. The molecule has 150 valence electrons. The van der Waals surface area contributed by atoms with Gasteiger partial charge in [0.05, 0.1) is 23.0 Å². The lowest BCUT2D eigenvalue weighted by atomic mass is 9.98. The van der Waals surface area contributed by atoms with Crippen molar-refractivity contribution in [3.8, 4) is 0 Å². The predicted octanol–water partition coefficient (Wildman–Crippen LogP) is 2.54. The minimum absolute atomic E-state index is 0.122. The summed E-state index contributed by atoms with van der Waals surface area (Å²) in [6.07, 6.45) is 1.29. The standard InChI is InChI=1S/C21H15FN4O3S/c1-12-16(20(29)26(24-12)15-5-3-2-4-6-15)11-17-18(27)23-21(30)25(19(17)28)14-9-7-13(22)8-10-14/h2-11,16H,1H3,(H,23,27,30)/b17-11+/t16-/m1/s1. The minimum atomic E-state index is -0.878. The van der Waals surface area contributed by atoms with E-state index in [9.17, 15) is 18.8 Å². The highest BCUT2D eigenvalue weighted by Gasteiger charge is 2.39. The number of hydrogen-bond acceptors (Lipinski definition) is 5. The third-order valence-corrected chi connectivity index (χ3v) is 4.99. The lowest BCUT2D eigenvalue weighted by Gasteiger charge is -2.29. The summed E-state index contributed by atoms with van der Waals surface area (Å²) in [7, 11) is 0. The first-order valence-corrected chi connectivity index (χ1v) is 9.39. The second-order valence-corrected chi connectivity index (χ2v) is 7.05. The van der Waals surface area contributed by atoms with Crippen molar-refractivity contribution >= 4 is 52.1 Å². The summed E-state index contributed by atoms with van der Waals surface area (Å²) in [5.41, 5.74) is 1.08. The highest BCUT2D eigenvalue weighted by atomic mass is 32.1. The molecule has 0 radical (unpaired) electrons. The number of nitrogens with one attached hydrogen (secondary N) is 1. The van der Waals surface area contributed by atoms with E-state index in [2.05, 4.69) is 10.4 Å². The van der Waals surface area contributed by atoms with Crippen LogP contribution in [0.5, 0.6) is 0 Å². The second kappa shape index (κ2) is 7.60. The highest BCUT2D eigenvalue weighted by molar-refractivity contribution is 7.80. The van der Waals surface area contributed by atoms with Crippen LogP contribution >= 0.6 is 12.2 Å². The number of para-hydroxylation sites is 1. The summed E-state index contributed by atoms with van der Waals surface area (Å²) in [5, 5.41) is 7.83. The van der Waals surface area contributed by atoms with Crippen LogP contribution < -0.4 is 15.2 Å². The van der Waals surface area contributed by atoms with Gasteiger partial charge >= 0.3 is 0 Å². The molecule has 1 N–H and O–H groups in total. The Morgan fingerprint density at radius 3 is 2.37 bits per heavy atom. The van der Waals surface area contributed by atoms with E-state index in [1.807, 2.05) is 6.07 Å². The summed E-state index contributed by atoms with van der Waals surface area (Å²) in [5.74, 6) is -3.14. The van der Waals surface area contributed by atoms with Gasteiger partial charge < -0.3 is 0 Å². The number of hydrogen-bond donors (Lipinski definition) is 1. The molecule has 1 fully saturated rings. The lowest BCUT2D eigenvalue weighted by molar-refractivity contribution is -0.122. The molecule has 0 unspecified atom stereocenters. The zero-order valence-electron chi connectivity index (χ0n) is 15.7. The molecule has 2 aromatic rings. The van der Waals surface area contributed by atoms with Crippen molar-refractivity contribution in [1.82, 2.24) is 5.32 Å². The fourth-order valence-corrected chi connectivity index (χ4v) is 3.48. The number of carbonyl (C=O) groups excluding carboxylic acids is 3.